The third kappa shape index (κ3) is 3.54. The first kappa shape index (κ1) is 18.7. The van der Waals surface area contributed by atoms with Crippen LogP contribution in [0.5, 0.6) is 0 Å². The lowest BCUT2D eigenvalue weighted by atomic mass is 10.1. The number of likely N-dealkylation sites (tertiary alicyclic amines) is 1. The fourth-order valence-corrected chi connectivity index (χ4v) is 3.54. The molecule has 4 rings (SSSR count). The van der Waals surface area contributed by atoms with Crippen molar-refractivity contribution < 1.29 is 22.5 Å². The van der Waals surface area contributed by atoms with Gasteiger partial charge in [0, 0.05) is 24.1 Å². The Morgan fingerprint density at radius 1 is 1.14 bits per heavy atom. The summed E-state index contributed by atoms with van der Waals surface area (Å²) in [4.78, 5) is 18.0. The number of halogens is 4. The van der Waals surface area contributed by atoms with E-state index in [9.17, 15) is 18.0 Å². The number of hydrogen-bond acceptors (Lipinski definition) is 4. The first-order chi connectivity index (χ1) is 13.4. The topological polar surface area (TPSA) is 59.2 Å². The zero-order valence-corrected chi connectivity index (χ0v) is 15.9. The molecule has 0 radical (unpaired) electrons. The lowest BCUT2D eigenvalue weighted by molar-refractivity contribution is -0.130. The predicted molar refractivity (Wildman–Crippen MR) is 96.3 cm³/mol. The minimum Gasteiger partial charge on any atom is -0.337 e. The molecule has 9 heteroatoms. The Hall–Kier alpha value is -2.68. The zero-order valence-electron chi connectivity index (χ0n) is 14.3. The maximum Gasteiger partial charge on any atom is 0.249 e. The molecule has 2 aromatic carbocycles. The van der Waals surface area contributed by atoms with Crippen LogP contribution < -0.4 is 0 Å². The van der Waals surface area contributed by atoms with Gasteiger partial charge in [-0.05, 0) is 58.7 Å². The fraction of sp³-hybridized carbons (Fsp3) is 0.211. The second kappa shape index (κ2) is 7.38. The van der Waals surface area contributed by atoms with E-state index in [1.807, 2.05) is 0 Å². The smallest absolute Gasteiger partial charge is 0.249 e. The highest BCUT2D eigenvalue weighted by molar-refractivity contribution is 9.10. The first-order valence-corrected chi connectivity index (χ1v) is 9.24. The van der Waals surface area contributed by atoms with E-state index < -0.39 is 23.5 Å². The average Bonchev–Trinajstić information content (AvgIpc) is 3.28. The summed E-state index contributed by atoms with van der Waals surface area (Å²) in [5.41, 5.74) is 0.609. The monoisotopic (exact) mass is 451 g/mol. The van der Waals surface area contributed by atoms with E-state index >= 15 is 0 Å². The van der Waals surface area contributed by atoms with Crippen LogP contribution in [0.3, 0.4) is 0 Å². The Morgan fingerprint density at radius 3 is 2.71 bits per heavy atom. The maximum atomic E-state index is 14.0. The fourth-order valence-electron chi connectivity index (χ4n) is 3.16. The summed E-state index contributed by atoms with van der Waals surface area (Å²) in [6.07, 6.45) is 0.659. The standard InChI is InChI=1S/C19H13BrF3N3O2/c20-13-8-10(1-3-15(13)23)18-24-19(28-25-18)16-5-6-17(27)26(16)9-11-7-12(21)2-4-14(11)22/h1-4,7-8,16H,5-6,9H2. The third-order valence-corrected chi connectivity index (χ3v) is 5.19. The van der Waals surface area contributed by atoms with E-state index in [4.69, 9.17) is 4.52 Å². The van der Waals surface area contributed by atoms with Gasteiger partial charge >= 0.3 is 0 Å². The highest BCUT2D eigenvalue weighted by atomic mass is 79.9. The van der Waals surface area contributed by atoms with E-state index in [2.05, 4.69) is 26.1 Å². The molecule has 0 N–H and O–H groups in total. The Balaban J connectivity index is 1.61. The van der Waals surface area contributed by atoms with Gasteiger partial charge in [-0.15, -0.1) is 0 Å². The van der Waals surface area contributed by atoms with Gasteiger partial charge in [0.1, 0.15) is 23.5 Å². The summed E-state index contributed by atoms with van der Waals surface area (Å²) in [5.74, 6) is -1.37. The van der Waals surface area contributed by atoms with Gasteiger partial charge in [-0.3, -0.25) is 4.79 Å². The van der Waals surface area contributed by atoms with Crippen LogP contribution in [0.25, 0.3) is 11.4 Å². The Labute approximate surface area is 166 Å². The molecule has 1 aliphatic heterocycles. The van der Waals surface area contributed by atoms with Crippen molar-refractivity contribution >= 4 is 21.8 Å². The number of hydrogen-bond donors (Lipinski definition) is 0. The van der Waals surface area contributed by atoms with Crippen molar-refractivity contribution in [1.82, 2.24) is 15.0 Å². The van der Waals surface area contributed by atoms with Crippen LogP contribution in [0.2, 0.25) is 0 Å². The van der Waals surface area contributed by atoms with Gasteiger partial charge in [-0.2, -0.15) is 4.98 Å². The number of carbonyl (C=O) groups excluding carboxylic acids is 1. The highest BCUT2D eigenvalue weighted by Gasteiger charge is 2.36. The van der Waals surface area contributed by atoms with Crippen LogP contribution in [0.1, 0.15) is 30.3 Å². The van der Waals surface area contributed by atoms with Crippen molar-refractivity contribution in [3.05, 3.63) is 69.8 Å². The van der Waals surface area contributed by atoms with Crippen LogP contribution in [0.15, 0.2) is 45.4 Å². The summed E-state index contributed by atoms with van der Waals surface area (Å²) < 4.78 is 46.4. The van der Waals surface area contributed by atoms with E-state index in [1.54, 1.807) is 0 Å². The lowest BCUT2D eigenvalue weighted by Crippen LogP contribution is -2.27. The van der Waals surface area contributed by atoms with Crippen molar-refractivity contribution in [3.63, 3.8) is 0 Å². The summed E-state index contributed by atoms with van der Waals surface area (Å²) in [6.45, 7) is -0.104. The highest BCUT2D eigenvalue weighted by Crippen LogP contribution is 2.35. The van der Waals surface area contributed by atoms with Crippen molar-refractivity contribution in [2.45, 2.75) is 25.4 Å². The van der Waals surface area contributed by atoms with E-state index in [0.717, 1.165) is 18.2 Å². The largest absolute Gasteiger partial charge is 0.337 e. The van der Waals surface area contributed by atoms with Gasteiger partial charge in [0.15, 0.2) is 0 Å². The van der Waals surface area contributed by atoms with E-state index in [0.29, 0.717) is 12.0 Å². The minimum atomic E-state index is -0.595. The summed E-state index contributed by atoms with van der Waals surface area (Å²) >= 11 is 3.10. The normalized spacial score (nSPS) is 16.8. The van der Waals surface area contributed by atoms with Gasteiger partial charge < -0.3 is 9.42 Å². The minimum absolute atomic E-state index is 0.0717. The maximum absolute atomic E-state index is 14.0. The van der Waals surface area contributed by atoms with E-state index in [-0.39, 0.29) is 40.6 Å². The van der Waals surface area contributed by atoms with Crippen molar-refractivity contribution in [3.8, 4) is 11.4 Å². The third-order valence-electron chi connectivity index (χ3n) is 4.58. The lowest BCUT2D eigenvalue weighted by Gasteiger charge is -2.22. The number of benzene rings is 2. The SMILES string of the molecule is O=C1CCC(c2nc(-c3ccc(F)c(Br)c3)no2)N1Cc1cc(F)ccc1F. The Morgan fingerprint density at radius 2 is 1.93 bits per heavy atom. The molecular weight excluding hydrogens is 439 g/mol. The van der Waals surface area contributed by atoms with Gasteiger partial charge in [-0.1, -0.05) is 5.16 Å². The number of nitrogens with zero attached hydrogens (tertiary/aromatic N) is 3. The van der Waals surface area contributed by atoms with Crippen LogP contribution in [-0.2, 0) is 11.3 Å². The Bertz CT molecular complexity index is 1060. The van der Waals surface area contributed by atoms with Crippen molar-refractivity contribution in [2.75, 3.05) is 0 Å². The summed E-state index contributed by atoms with van der Waals surface area (Å²) in [5, 5.41) is 3.90. The van der Waals surface area contributed by atoms with E-state index in [1.165, 1.54) is 23.1 Å². The molecule has 1 amide bonds. The van der Waals surface area contributed by atoms with Crippen LogP contribution in [-0.4, -0.2) is 20.9 Å². The van der Waals surface area contributed by atoms with Gasteiger partial charge in [0.05, 0.1) is 4.47 Å². The number of aromatic nitrogens is 2. The summed E-state index contributed by atoms with van der Waals surface area (Å²) in [6, 6.07) is 6.86. The average molecular weight is 452 g/mol. The molecule has 2 heterocycles. The molecule has 0 spiro atoms. The molecule has 1 aliphatic rings. The van der Waals surface area contributed by atoms with Gasteiger partial charge in [0.25, 0.3) is 0 Å². The quantitative estimate of drug-likeness (QED) is 0.572. The Kier molecular flexibility index (Phi) is 4.92. The van der Waals surface area contributed by atoms with Gasteiger partial charge in [-0.25, -0.2) is 13.2 Å². The molecule has 1 unspecified atom stereocenters. The van der Waals surface area contributed by atoms with Crippen molar-refractivity contribution in [2.24, 2.45) is 0 Å². The number of amides is 1. The number of rotatable bonds is 4. The van der Waals surface area contributed by atoms with Crippen LogP contribution >= 0.6 is 15.9 Å². The molecule has 1 fully saturated rings. The molecule has 5 nitrogen and oxygen atoms in total. The summed E-state index contributed by atoms with van der Waals surface area (Å²) in [7, 11) is 0. The second-order valence-corrected chi connectivity index (χ2v) is 7.25. The molecule has 1 aromatic heterocycles. The molecule has 3 aromatic rings. The molecule has 0 aliphatic carbocycles. The predicted octanol–water partition coefficient (Wildman–Crippen LogP) is 4.78. The van der Waals surface area contributed by atoms with Crippen LogP contribution in [0, 0.1) is 17.5 Å². The molecule has 1 atom stereocenters. The number of carbonyl (C=O) groups is 1. The molecule has 0 bridgehead atoms. The molecule has 28 heavy (non-hydrogen) atoms. The molecule has 1 saturated heterocycles. The zero-order chi connectivity index (χ0) is 19.8. The molecule has 0 saturated carbocycles. The second-order valence-electron chi connectivity index (χ2n) is 6.40. The first-order valence-electron chi connectivity index (χ1n) is 8.45. The van der Waals surface area contributed by atoms with Crippen molar-refractivity contribution in [1.29, 1.82) is 0 Å². The van der Waals surface area contributed by atoms with Gasteiger partial charge in [0.2, 0.25) is 17.6 Å². The molecule has 144 valence electrons. The molecular formula is C19H13BrF3N3O2. The van der Waals surface area contributed by atoms with Crippen LogP contribution in [0.4, 0.5) is 13.2 Å².